The maximum atomic E-state index is 13.2. The van der Waals surface area contributed by atoms with Crippen molar-refractivity contribution in [2.24, 2.45) is 0 Å². The maximum Gasteiger partial charge on any atom is 0.397 e. The number of unbranched alkanes of at least 4 members (excludes halogenated alkanes) is 39. The van der Waals surface area contributed by atoms with Crippen LogP contribution in [0, 0.1) is 0 Å². The third kappa shape index (κ3) is 40.8. The molecule has 0 aliphatic carbocycles. The average Bonchev–Trinajstić information content (AvgIpc) is 3.34. The molecule has 0 radical (unpaired) electrons. The highest BCUT2D eigenvalue weighted by molar-refractivity contribution is 7.80. The zero-order valence-corrected chi connectivity index (χ0v) is 46.6. The van der Waals surface area contributed by atoms with Crippen molar-refractivity contribution in [2.45, 2.75) is 339 Å². The Morgan fingerprint density at radius 2 is 0.901 bits per heavy atom. The Morgan fingerprint density at radius 1 is 0.549 bits per heavy atom. The highest BCUT2D eigenvalue weighted by atomic mass is 32.3. The number of aliphatic hydroxyl groups excluding tert-OH is 4. The van der Waals surface area contributed by atoms with Gasteiger partial charge in [0, 0.05) is 6.42 Å². The molecule has 6 N–H and O–H groups in total. The van der Waals surface area contributed by atoms with Crippen molar-refractivity contribution in [1.82, 2.24) is 5.32 Å². The van der Waals surface area contributed by atoms with Crippen LogP contribution in [-0.2, 0) is 28.9 Å². The highest BCUT2D eigenvalue weighted by Crippen LogP contribution is 2.26. The Bertz CT molecular complexity index is 1310. The molecule has 1 fully saturated rings. The molecular formula is C58H113NO11S. The minimum atomic E-state index is -5.08. The molecule has 0 aromatic carbocycles. The van der Waals surface area contributed by atoms with E-state index in [9.17, 15) is 38.2 Å². The average molecular weight is 1030 g/mol. The van der Waals surface area contributed by atoms with Gasteiger partial charge in [0.05, 0.1) is 25.4 Å². The molecule has 422 valence electrons. The van der Waals surface area contributed by atoms with Crippen molar-refractivity contribution >= 4 is 16.3 Å². The van der Waals surface area contributed by atoms with Gasteiger partial charge < -0.3 is 35.2 Å². The summed E-state index contributed by atoms with van der Waals surface area (Å²) in [4.78, 5) is 13.2. The third-order valence-corrected chi connectivity index (χ3v) is 15.0. The molecule has 0 spiro atoms. The summed E-state index contributed by atoms with van der Waals surface area (Å²) in [5, 5.41) is 45.2. The number of hydrogen-bond donors (Lipinski definition) is 6. The smallest absolute Gasteiger partial charge is 0.394 e. The minimum absolute atomic E-state index is 0.227. The van der Waals surface area contributed by atoms with Crippen LogP contribution in [-0.4, -0.2) is 95.4 Å². The standard InChI is InChI=1S/C58H113NO11S/c1-3-5-7-9-11-13-15-17-19-21-23-24-25-26-27-28-30-32-34-36-38-40-42-44-46-48-54(62)59-51(50-68-58-56(64)57(70-71(65,66)67)55(63)53(49-60)69-58)52(61)47-45-43-41-39-37-35-33-31-29-22-20-18-16-14-12-10-8-6-4-2/h26-27,51-53,55-58,60-61,63-64H,3-25,28-50H2,1-2H3,(H,59,62)(H,65,66,67)/b27-26-. The summed E-state index contributed by atoms with van der Waals surface area (Å²) >= 11 is 0. The molecule has 71 heavy (non-hydrogen) atoms. The Kier molecular flexibility index (Phi) is 46.3. The molecule has 1 heterocycles. The van der Waals surface area contributed by atoms with E-state index < -0.39 is 59.9 Å². The van der Waals surface area contributed by atoms with Gasteiger partial charge in [-0.05, 0) is 38.5 Å². The van der Waals surface area contributed by atoms with Crippen molar-refractivity contribution in [3.8, 4) is 0 Å². The molecule has 1 aliphatic heterocycles. The lowest BCUT2D eigenvalue weighted by Crippen LogP contribution is -2.61. The molecule has 1 rings (SSSR count). The quantitative estimate of drug-likeness (QED) is 0.0193. The van der Waals surface area contributed by atoms with Crippen LogP contribution in [0.5, 0.6) is 0 Å². The fourth-order valence-corrected chi connectivity index (χ4v) is 10.4. The summed E-state index contributed by atoms with van der Waals surface area (Å²) in [6.45, 7) is 3.50. The van der Waals surface area contributed by atoms with Crippen LogP contribution in [0.2, 0.25) is 0 Å². The number of aliphatic hydroxyl groups is 4. The topological polar surface area (TPSA) is 192 Å². The Labute approximate surface area is 436 Å². The van der Waals surface area contributed by atoms with Gasteiger partial charge in [0.25, 0.3) is 0 Å². The molecule has 12 nitrogen and oxygen atoms in total. The van der Waals surface area contributed by atoms with Crippen LogP contribution in [0.25, 0.3) is 0 Å². The van der Waals surface area contributed by atoms with Crippen LogP contribution in [0.15, 0.2) is 12.2 Å². The van der Waals surface area contributed by atoms with E-state index in [2.05, 4.69) is 35.5 Å². The molecule has 0 aromatic rings. The number of carbonyl (C=O) groups excluding carboxylic acids is 1. The summed E-state index contributed by atoms with van der Waals surface area (Å²) in [5.41, 5.74) is 0. The summed E-state index contributed by atoms with van der Waals surface area (Å²) in [7, 11) is -5.08. The van der Waals surface area contributed by atoms with Gasteiger partial charge in [-0.1, -0.05) is 264 Å². The van der Waals surface area contributed by atoms with Gasteiger partial charge in [0.1, 0.15) is 24.4 Å². The molecule has 0 saturated carbocycles. The Hall–Kier alpha value is -1.16. The number of nitrogens with one attached hydrogen (secondary N) is 1. The van der Waals surface area contributed by atoms with E-state index >= 15 is 0 Å². The first kappa shape index (κ1) is 67.9. The first-order chi connectivity index (χ1) is 34.5. The highest BCUT2D eigenvalue weighted by Gasteiger charge is 2.48. The molecule has 1 amide bonds. The van der Waals surface area contributed by atoms with E-state index in [-0.39, 0.29) is 12.5 Å². The van der Waals surface area contributed by atoms with Crippen LogP contribution in [0.1, 0.15) is 296 Å². The number of ether oxygens (including phenoxy) is 2. The second-order valence-electron chi connectivity index (χ2n) is 21.3. The second-order valence-corrected chi connectivity index (χ2v) is 22.3. The molecule has 1 saturated heterocycles. The van der Waals surface area contributed by atoms with E-state index in [1.807, 2.05) is 0 Å². The molecular weight excluding hydrogens is 919 g/mol. The van der Waals surface area contributed by atoms with E-state index in [1.165, 1.54) is 218 Å². The minimum Gasteiger partial charge on any atom is -0.394 e. The Morgan fingerprint density at radius 3 is 1.27 bits per heavy atom. The maximum absolute atomic E-state index is 13.2. The van der Waals surface area contributed by atoms with Crippen molar-refractivity contribution in [3.05, 3.63) is 12.2 Å². The van der Waals surface area contributed by atoms with Crippen molar-refractivity contribution in [2.75, 3.05) is 13.2 Å². The lowest BCUT2D eigenvalue weighted by Gasteiger charge is -2.41. The van der Waals surface area contributed by atoms with Gasteiger partial charge in [-0.2, -0.15) is 8.42 Å². The number of amides is 1. The molecule has 0 aromatic heterocycles. The predicted octanol–water partition coefficient (Wildman–Crippen LogP) is 14.2. The fraction of sp³-hybridized carbons (Fsp3) is 0.948. The number of carbonyl (C=O) groups is 1. The largest absolute Gasteiger partial charge is 0.397 e. The first-order valence-corrected chi connectivity index (χ1v) is 31.4. The number of rotatable bonds is 53. The summed E-state index contributed by atoms with van der Waals surface area (Å²) in [6.07, 6.45) is 49.3. The van der Waals surface area contributed by atoms with Crippen molar-refractivity contribution < 1.29 is 51.8 Å². The van der Waals surface area contributed by atoms with Crippen LogP contribution in [0.4, 0.5) is 0 Å². The fourth-order valence-electron chi connectivity index (χ4n) is 9.93. The van der Waals surface area contributed by atoms with Gasteiger partial charge >= 0.3 is 10.4 Å². The predicted molar refractivity (Wildman–Crippen MR) is 292 cm³/mol. The molecule has 13 heteroatoms. The van der Waals surface area contributed by atoms with E-state index in [4.69, 9.17) is 9.47 Å². The molecule has 1 aliphatic rings. The normalized spacial score (nSPS) is 19.5. The van der Waals surface area contributed by atoms with Gasteiger partial charge in [-0.15, -0.1) is 0 Å². The zero-order valence-electron chi connectivity index (χ0n) is 45.8. The van der Waals surface area contributed by atoms with Crippen molar-refractivity contribution in [1.29, 1.82) is 0 Å². The van der Waals surface area contributed by atoms with Gasteiger partial charge in [0.2, 0.25) is 5.91 Å². The first-order valence-electron chi connectivity index (χ1n) is 30.1. The lowest BCUT2D eigenvalue weighted by atomic mass is 9.99. The zero-order chi connectivity index (χ0) is 51.9. The van der Waals surface area contributed by atoms with Gasteiger partial charge in [-0.25, -0.2) is 4.18 Å². The van der Waals surface area contributed by atoms with E-state index in [1.54, 1.807) is 0 Å². The third-order valence-electron chi connectivity index (χ3n) is 14.6. The van der Waals surface area contributed by atoms with Crippen LogP contribution >= 0.6 is 0 Å². The summed E-state index contributed by atoms with van der Waals surface area (Å²) in [5.74, 6) is -0.227. The SMILES string of the molecule is CCCCCCCCCCCCCC/C=C\CCCCCCCCCCCC(=O)NC(COC1OC(CO)C(O)C(OS(=O)(=O)O)C1O)C(O)CCCCCCCCCCCCCCCCCCCCC. The van der Waals surface area contributed by atoms with E-state index in [0.717, 1.165) is 51.4 Å². The van der Waals surface area contributed by atoms with E-state index in [0.29, 0.717) is 12.8 Å². The molecule has 7 atom stereocenters. The second kappa shape index (κ2) is 48.5. The monoisotopic (exact) mass is 1030 g/mol. The Balaban J connectivity index is 2.32. The van der Waals surface area contributed by atoms with Gasteiger partial charge in [-0.3, -0.25) is 9.35 Å². The summed E-state index contributed by atoms with van der Waals surface area (Å²) < 4.78 is 47.9. The number of hydrogen-bond acceptors (Lipinski definition) is 10. The van der Waals surface area contributed by atoms with Gasteiger partial charge in [0.15, 0.2) is 6.29 Å². The summed E-state index contributed by atoms with van der Waals surface area (Å²) in [6, 6.07) is -0.857. The lowest BCUT2D eigenvalue weighted by molar-refractivity contribution is -0.298. The molecule has 0 bridgehead atoms. The van der Waals surface area contributed by atoms with Crippen LogP contribution < -0.4 is 5.32 Å². The molecule has 7 unspecified atom stereocenters. The number of allylic oxidation sites excluding steroid dienone is 2. The van der Waals surface area contributed by atoms with Crippen molar-refractivity contribution in [3.63, 3.8) is 0 Å². The van der Waals surface area contributed by atoms with Crippen LogP contribution in [0.3, 0.4) is 0 Å².